The predicted octanol–water partition coefficient (Wildman–Crippen LogP) is 4.85. The zero-order valence-electron chi connectivity index (χ0n) is 19.9. The van der Waals surface area contributed by atoms with Gasteiger partial charge in [0.25, 0.3) is 0 Å². The molecule has 37 heavy (non-hydrogen) atoms. The third-order valence-corrected chi connectivity index (χ3v) is 6.48. The summed E-state index contributed by atoms with van der Waals surface area (Å²) in [6.07, 6.45) is -3.34. The van der Waals surface area contributed by atoms with Crippen molar-refractivity contribution in [2.75, 3.05) is 43.3 Å². The molecule has 4 rings (SSSR count). The molecule has 0 saturated heterocycles. The number of rotatable bonds is 10. The van der Waals surface area contributed by atoms with Crippen LogP contribution in [0.4, 0.5) is 24.7 Å². The quantitative estimate of drug-likeness (QED) is 0.205. The van der Waals surface area contributed by atoms with E-state index in [1.165, 1.54) is 0 Å². The molecule has 0 unspecified atom stereocenters. The van der Waals surface area contributed by atoms with Crippen LogP contribution in [0.2, 0.25) is 5.02 Å². The predicted molar refractivity (Wildman–Crippen MR) is 139 cm³/mol. The Labute approximate surface area is 220 Å². The topological polar surface area (TPSA) is 115 Å². The molecule has 14 heteroatoms. The highest BCUT2D eigenvalue weighted by Crippen LogP contribution is 2.34. The third kappa shape index (κ3) is 6.60. The second-order valence-corrected chi connectivity index (χ2v) is 9.41. The highest BCUT2D eigenvalue weighted by Gasteiger charge is 2.30. The first-order chi connectivity index (χ1) is 17.7. The van der Waals surface area contributed by atoms with Crippen LogP contribution in [0.25, 0.3) is 22.4 Å². The maximum absolute atomic E-state index is 13.0. The summed E-state index contributed by atoms with van der Waals surface area (Å²) in [5.74, 6) is 1.03. The van der Waals surface area contributed by atoms with Crippen molar-refractivity contribution >= 4 is 46.1 Å². The Balaban J connectivity index is 1.53. The first kappa shape index (κ1) is 26.9. The van der Waals surface area contributed by atoms with E-state index in [0.717, 1.165) is 41.4 Å². The molecule has 0 amide bonds. The van der Waals surface area contributed by atoms with Gasteiger partial charge in [-0.2, -0.15) is 18.3 Å². The molecule has 0 radical (unpaired) electrons. The number of fused-ring (bicyclic) bond motifs is 1. The molecule has 0 fully saturated rings. The van der Waals surface area contributed by atoms with Gasteiger partial charge in [0.05, 0.1) is 28.3 Å². The molecule has 0 aliphatic heterocycles. The standard InChI is InChI=1S/C23H24ClF3N8OS/c1-13-19-21(29-7-8-35(2)9-10-36)30-20(31-22(19)33-32-13)14-3-4-17(16(24)11-14)34-37-18-12-15(5-6-28-18)23(25,26)27/h3-6,11-12,34,36H,7-10H2,1-2H3,(H2,29,30,31,32,33). The number of pyridine rings is 1. The number of benzene rings is 1. The van der Waals surface area contributed by atoms with Crippen LogP contribution < -0.4 is 10.0 Å². The van der Waals surface area contributed by atoms with Gasteiger partial charge in [-0.25, -0.2) is 15.0 Å². The van der Waals surface area contributed by atoms with Gasteiger partial charge in [-0.3, -0.25) is 5.10 Å². The molecule has 0 spiro atoms. The van der Waals surface area contributed by atoms with Gasteiger partial charge in [-0.15, -0.1) is 0 Å². The number of aromatic nitrogens is 5. The molecule has 3 aromatic heterocycles. The number of likely N-dealkylation sites (N-methyl/N-ethyl adjacent to an activating group) is 1. The molecule has 3 heterocycles. The van der Waals surface area contributed by atoms with Crippen molar-refractivity contribution in [3.05, 3.63) is 52.8 Å². The van der Waals surface area contributed by atoms with E-state index >= 15 is 0 Å². The van der Waals surface area contributed by atoms with Gasteiger partial charge in [0.1, 0.15) is 10.8 Å². The second-order valence-electron chi connectivity index (χ2n) is 8.18. The fourth-order valence-electron chi connectivity index (χ4n) is 3.46. The van der Waals surface area contributed by atoms with Crippen LogP contribution in [0.3, 0.4) is 0 Å². The van der Waals surface area contributed by atoms with Crippen molar-refractivity contribution in [2.24, 2.45) is 0 Å². The van der Waals surface area contributed by atoms with E-state index in [1.54, 1.807) is 18.2 Å². The van der Waals surface area contributed by atoms with E-state index in [4.69, 9.17) is 21.7 Å². The van der Waals surface area contributed by atoms with Gasteiger partial charge in [0.15, 0.2) is 11.5 Å². The van der Waals surface area contributed by atoms with E-state index in [2.05, 4.69) is 30.2 Å². The first-order valence-corrected chi connectivity index (χ1v) is 12.4. The van der Waals surface area contributed by atoms with E-state index in [1.807, 2.05) is 18.9 Å². The zero-order chi connectivity index (χ0) is 26.6. The van der Waals surface area contributed by atoms with Crippen LogP contribution in [-0.2, 0) is 6.18 Å². The fourth-order valence-corrected chi connectivity index (χ4v) is 4.43. The van der Waals surface area contributed by atoms with Crippen molar-refractivity contribution in [1.82, 2.24) is 30.0 Å². The highest BCUT2D eigenvalue weighted by molar-refractivity contribution is 8.00. The monoisotopic (exact) mass is 552 g/mol. The van der Waals surface area contributed by atoms with Gasteiger partial charge in [-0.1, -0.05) is 11.6 Å². The molecule has 4 N–H and O–H groups in total. The van der Waals surface area contributed by atoms with Crippen molar-refractivity contribution in [3.8, 4) is 11.4 Å². The number of H-pyrrole nitrogens is 1. The summed E-state index contributed by atoms with van der Waals surface area (Å²) in [6.45, 7) is 3.83. The number of aliphatic hydroxyl groups is 1. The van der Waals surface area contributed by atoms with Gasteiger partial charge in [-0.05, 0) is 44.3 Å². The molecule has 1 aromatic carbocycles. The second kappa shape index (κ2) is 11.5. The summed E-state index contributed by atoms with van der Waals surface area (Å²) in [6, 6.07) is 7.00. The molecule has 0 aliphatic carbocycles. The van der Waals surface area contributed by atoms with E-state index in [9.17, 15) is 13.2 Å². The normalized spacial score (nSPS) is 11.9. The minimum atomic E-state index is -4.45. The van der Waals surface area contributed by atoms with E-state index in [0.29, 0.717) is 53.2 Å². The number of anilines is 2. The molecule has 4 aromatic rings. The SMILES string of the molecule is Cc1[nH]nc2nc(-c3ccc(NSc4cc(C(F)(F)F)ccn4)c(Cl)c3)nc(NCCN(C)CCO)c12. The van der Waals surface area contributed by atoms with Crippen LogP contribution in [-0.4, -0.2) is 68.4 Å². The lowest BCUT2D eigenvalue weighted by molar-refractivity contribution is -0.137. The number of aryl methyl sites for hydroxylation is 1. The molecular formula is C23H24ClF3N8OS. The maximum atomic E-state index is 13.0. The Hall–Kier alpha value is -3.13. The van der Waals surface area contributed by atoms with Crippen LogP contribution in [0.15, 0.2) is 41.6 Å². The summed E-state index contributed by atoms with van der Waals surface area (Å²) in [7, 11) is 1.92. The lowest BCUT2D eigenvalue weighted by atomic mass is 10.2. The zero-order valence-corrected chi connectivity index (χ0v) is 21.5. The molecule has 9 nitrogen and oxygen atoms in total. The Morgan fingerprint density at radius 3 is 2.70 bits per heavy atom. The largest absolute Gasteiger partial charge is 0.416 e. The van der Waals surface area contributed by atoms with Gasteiger partial charge in [0, 0.05) is 49.0 Å². The van der Waals surface area contributed by atoms with Crippen molar-refractivity contribution in [3.63, 3.8) is 0 Å². The number of halogens is 4. The van der Waals surface area contributed by atoms with Crippen LogP contribution >= 0.6 is 23.5 Å². The third-order valence-electron chi connectivity index (χ3n) is 5.42. The lowest BCUT2D eigenvalue weighted by Gasteiger charge is -2.16. The summed E-state index contributed by atoms with van der Waals surface area (Å²) in [5.41, 5.74) is 1.68. The maximum Gasteiger partial charge on any atom is 0.416 e. The average Bonchev–Trinajstić information content (AvgIpc) is 3.24. The number of aromatic amines is 1. The Bertz CT molecular complexity index is 1380. The minimum Gasteiger partial charge on any atom is -0.395 e. The molecule has 0 atom stereocenters. The minimum absolute atomic E-state index is 0.0831. The molecule has 196 valence electrons. The lowest BCUT2D eigenvalue weighted by Crippen LogP contribution is -2.28. The van der Waals surface area contributed by atoms with Crippen molar-refractivity contribution < 1.29 is 18.3 Å². The average molecular weight is 553 g/mol. The Morgan fingerprint density at radius 2 is 1.97 bits per heavy atom. The number of nitrogens with zero attached hydrogens (tertiary/aromatic N) is 5. The fraction of sp³-hybridized carbons (Fsp3) is 0.304. The Morgan fingerprint density at radius 1 is 1.16 bits per heavy atom. The summed E-state index contributed by atoms with van der Waals surface area (Å²) >= 11 is 7.39. The van der Waals surface area contributed by atoms with Crippen LogP contribution in [0, 0.1) is 6.92 Å². The summed E-state index contributed by atoms with van der Waals surface area (Å²) in [5, 5.41) is 20.9. The first-order valence-electron chi connectivity index (χ1n) is 11.2. The highest BCUT2D eigenvalue weighted by atomic mass is 35.5. The van der Waals surface area contributed by atoms with Crippen LogP contribution in [0.1, 0.15) is 11.3 Å². The van der Waals surface area contributed by atoms with Crippen molar-refractivity contribution in [2.45, 2.75) is 18.1 Å². The van der Waals surface area contributed by atoms with E-state index < -0.39 is 11.7 Å². The number of hydrogen-bond acceptors (Lipinski definition) is 9. The molecule has 0 aliphatic rings. The molecule has 0 saturated carbocycles. The molecular weight excluding hydrogens is 529 g/mol. The summed E-state index contributed by atoms with van der Waals surface area (Å²) < 4.78 is 41.8. The number of alkyl halides is 3. The van der Waals surface area contributed by atoms with Crippen LogP contribution in [0.5, 0.6) is 0 Å². The smallest absolute Gasteiger partial charge is 0.395 e. The van der Waals surface area contributed by atoms with Crippen molar-refractivity contribution in [1.29, 1.82) is 0 Å². The van der Waals surface area contributed by atoms with Gasteiger partial charge in [0.2, 0.25) is 0 Å². The summed E-state index contributed by atoms with van der Waals surface area (Å²) in [4.78, 5) is 15.2. The van der Waals surface area contributed by atoms with Gasteiger partial charge < -0.3 is 20.0 Å². The number of aliphatic hydroxyl groups excluding tert-OH is 1. The Kier molecular flexibility index (Phi) is 8.37. The molecule has 0 bridgehead atoms. The van der Waals surface area contributed by atoms with E-state index in [-0.39, 0.29) is 11.6 Å². The number of nitrogens with one attached hydrogen (secondary N) is 3. The number of hydrogen-bond donors (Lipinski definition) is 4. The van der Waals surface area contributed by atoms with Gasteiger partial charge >= 0.3 is 6.18 Å².